The van der Waals surface area contributed by atoms with Gasteiger partial charge in [0.15, 0.2) is 5.78 Å². The van der Waals surface area contributed by atoms with Crippen molar-refractivity contribution in [2.75, 3.05) is 20.2 Å². The van der Waals surface area contributed by atoms with Gasteiger partial charge in [0, 0.05) is 23.2 Å². The molecule has 1 aliphatic heterocycles. The van der Waals surface area contributed by atoms with Crippen LogP contribution in [0.15, 0.2) is 42.5 Å². The Morgan fingerprint density at radius 1 is 1.03 bits per heavy atom. The number of ether oxygens (including phenoxy) is 1. The Balaban J connectivity index is 0.00000432. The number of halogens is 1. The van der Waals surface area contributed by atoms with Gasteiger partial charge >= 0.3 is 5.97 Å². The molecule has 1 heterocycles. The van der Waals surface area contributed by atoms with Crippen LogP contribution in [0.25, 0.3) is 0 Å². The number of nitrogens with zero attached hydrogens (tertiary/aromatic N) is 1. The van der Waals surface area contributed by atoms with E-state index in [1.165, 1.54) is 7.11 Å². The zero-order valence-corrected chi connectivity index (χ0v) is 23.4. The van der Waals surface area contributed by atoms with Crippen molar-refractivity contribution in [3.8, 4) is 5.75 Å². The second-order valence-corrected chi connectivity index (χ2v) is 11.1. The van der Waals surface area contributed by atoms with Gasteiger partial charge in [0.2, 0.25) is 0 Å². The molecule has 0 aromatic heterocycles. The molecule has 0 saturated carbocycles. The number of phenols is 1. The highest BCUT2D eigenvalue weighted by atomic mass is 79.9. The van der Waals surface area contributed by atoms with Crippen molar-refractivity contribution in [1.82, 2.24) is 4.90 Å². The highest BCUT2D eigenvalue weighted by molar-refractivity contribution is 8.93. The zero-order valence-electron chi connectivity index (χ0n) is 21.6. The van der Waals surface area contributed by atoms with E-state index in [-0.39, 0.29) is 64.2 Å². The SMILES string of the molecule is Br.COC(=O)C1CN(CC(=O)c2cc(C(C)(C)C)c(O)c(C(C)(C)C)c2)C(=N)C1c1ccccc1. The molecule has 0 bridgehead atoms. The van der Waals surface area contributed by atoms with E-state index >= 15 is 0 Å². The van der Waals surface area contributed by atoms with Gasteiger partial charge in [0.1, 0.15) is 11.6 Å². The summed E-state index contributed by atoms with van der Waals surface area (Å²) >= 11 is 0. The molecule has 2 atom stereocenters. The number of esters is 1. The molecule has 3 rings (SSSR count). The maximum atomic E-state index is 13.5. The molecule has 2 aromatic rings. The summed E-state index contributed by atoms with van der Waals surface area (Å²) in [6, 6.07) is 13.0. The number of nitrogens with one attached hydrogen (secondary N) is 1. The topological polar surface area (TPSA) is 90.7 Å². The molecule has 0 amide bonds. The second kappa shape index (κ2) is 10.5. The predicted molar refractivity (Wildman–Crippen MR) is 144 cm³/mol. The molecule has 0 radical (unpaired) electrons. The number of methoxy groups -OCH3 is 1. The maximum absolute atomic E-state index is 13.5. The Kier molecular flexibility index (Phi) is 8.59. The van der Waals surface area contributed by atoms with Crippen molar-refractivity contribution in [3.63, 3.8) is 0 Å². The predicted octanol–water partition coefficient (Wildman–Crippen LogP) is 5.61. The molecular formula is C28H37BrN2O4. The van der Waals surface area contributed by atoms with E-state index in [4.69, 9.17) is 10.1 Å². The van der Waals surface area contributed by atoms with E-state index in [1.54, 1.807) is 17.0 Å². The van der Waals surface area contributed by atoms with Gasteiger partial charge in [-0.1, -0.05) is 71.9 Å². The highest BCUT2D eigenvalue weighted by Gasteiger charge is 2.44. The number of carbonyl (C=O) groups is 2. The van der Waals surface area contributed by atoms with Crippen LogP contribution in [0.4, 0.5) is 0 Å². The smallest absolute Gasteiger partial charge is 0.311 e. The van der Waals surface area contributed by atoms with Gasteiger partial charge in [-0.2, -0.15) is 0 Å². The molecule has 35 heavy (non-hydrogen) atoms. The van der Waals surface area contributed by atoms with Crippen molar-refractivity contribution < 1.29 is 19.4 Å². The number of phenolic OH excluding ortho intramolecular Hbond substituents is 1. The summed E-state index contributed by atoms with van der Waals surface area (Å²) in [7, 11) is 1.35. The van der Waals surface area contributed by atoms with Crippen LogP contribution < -0.4 is 0 Å². The number of hydrogen-bond acceptors (Lipinski definition) is 5. The molecule has 7 heteroatoms. The fraction of sp³-hybridized carbons (Fsp3) is 0.464. The Hall–Kier alpha value is -2.67. The molecule has 1 fully saturated rings. The van der Waals surface area contributed by atoms with Gasteiger partial charge in [0.05, 0.1) is 25.5 Å². The van der Waals surface area contributed by atoms with Gasteiger partial charge < -0.3 is 14.7 Å². The van der Waals surface area contributed by atoms with Crippen LogP contribution in [-0.2, 0) is 20.4 Å². The molecule has 2 N–H and O–H groups in total. The molecule has 2 unspecified atom stereocenters. The number of likely N-dealkylation sites (tertiary alicyclic amines) is 1. The quantitative estimate of drug-likeness (QED) is 0.376. The fourth-order valence-corrected chi connectivity index (χ4v) is 4.59. The lowest BCUT2D eigenvalue weighted by Gasteiger charge is -2.28. The van der Waals surface area contributed by atoms with E-state index in [0.717, 1.165) is 16.7 Å². The molecular weight excluding hydrogens is 508 g/mol. The van der Waals surface area contributed by atoms with E-state index in [1.807, 2.05) is 71.9 Å². The Bertz CT molecular complexity index is 1070. The summed E-state index contributed by atoms with van der Waals surface area (Å²) in [6.45, 7) is 12.2. The molecule has 2 aromatic carbocycles. The molecule has 1 saturated heterocycles. The normalized spacial score (nSPS) is 18.3. The average molecular weight is 546 g/mol. The summed E-state index contributed by atoms with van der Waals surface area (Å²) < 4.78 is 5.02. The first kappa shape index (κ1) is 28.6. The van der Waals surface area contributed by atoms with Crippen LogP contribution >= 0.6 is 17.0 Å². The molecule has 0 spiro atoms. The average Bonchev–Trinajstić information content (AvgIpc) is 3.08. The first-order valence-electron chi connectivity index (χ1n) is 11.6. The number of hydrogen-bond donors (Lipinski definition) is 2. The standard InChI is InChI=1S/C28H36N2O4.BrH/c1-27(2,3)20-13-18(14-21(24(20)32)28(4,5)6)22(31)16-30-15-19(26(33)34-7)23(25(30)29)17-11-9-8-10-12-17;/h8-14,19,23,29,32H,15-16H2,1-7H3;1H. The first-order chi connectivity index (χ1) is 15.8. The van der Waals surface area contributed by atoms with Crippen molar-refractivity contribution in [2.45, 2.75) is 58.3 Å². The van der Waals surface area contributed by atoms with Crippen molar-refractivity contribution >= 4 is 34.6 Å². The lowest BCUT2D eigenvalue weighted by atomic mass is 9.78. The summed E-state index contributed by atoms with van der Waals surface area (Å²) in [4.78, 5) is 27.7. The minimum absolute atomic E-state index is 0. The van der Waals surface area contributed by atoms with Crippen LogP contribution in [-0.4, -0.2) is 47.8 Å². The minimum atomic E-state index is -0.553. The number of rotatable bonds is 5. The highest BCUT2D eigenvalue weighted by Crippen LogP contribution is 2.40. The van der Waals surface area contributed by atoms with Crippen molar-refractivity contribution in [3.05, 3.63) is 64.7 Å². The molecule has 0 aliphatic carbocycles. The molecule has 190 valence electrons. The van der Waals surface area contributed by atoms with Crippen molar-refractivity contribution in [1.29, 1.82) is 5.41 Å². The van der Waals surface area contributed by atoms with Gasteiger partial charge in [-0.15, -0.1) is 17.0 Å². The fourth-order valence-electron chi connectivity index (χ4n) is 4.59. The Labute approximate surface area is 219 Å². The van der Waals surface area contributed by atoms with E-state index in [0.29, 0.717) is 5.56 Å². The second-order valence-electron chi connectivity index (χ2n) is 11.1. The maximum Gasteiger partial charge on any atom is 0.311 e. The first-order valence-corrected chi connectivity index (χ1v) is 11.6. The lowest BCUT2D eigenvalue weighted by Crippen LogP contribution is -2.32. The molecule has 6 nitrogen and oxygen atoms in total. The van der Waals surface area contributed by atoms with Crippen LogP contribution in [0, 0.1) is 11.3 Å². The van der Waals surface area contributed by atoms with Crippen LogP contribution in [0.1, 0.15) is 74.5 Å². The van der Waals surface area contributed by atoms with Gasteiger partial charge in [-0.3, -0.25) is 15.0 Å². The Morgan fingerprint density at radius 2 is 1.54 bits per heavy atom. The summed E-state index contributed by atoms with van der Waals surface area (Å²) in [5, 5.41) is 19.8. The largest absolute Gasteiger partial charge is 0.507 e. The number of benzene rings is 2. The molecule has 1 aliphatic rings. The lowest BCUT2D eigenvalue weighted by molar-refractivity contribution is -0.145. The van der Waals surface area contributed by atoms with E-state index in [2.05, 4.69) is 0 Å². The zero-order chi connectivity index (χ0) is 25.4. The summed E-state index contributed by atoms with van der Waals surface area (Å²) in [5.41, 5.74) is 2.08. The third kappa shape index (κ3) is 5.95. The monoisotopic (exact) mass is 544 g/mol. The van der Waals surface area contributed by atoms with Crippen LogP contribution in [0.5, 0.6) is 5.75 Å². The van der Waals surface area contributed by atoms with Gasteiger partial charge in [0.25, 0.3) is 0 Å². The minimum Gasteiger partial charge on any atom is -0.507 e. The summed E-state index contributed by atoms with van der Waals surface area (Å²) in [5.74, 6) is -1.10. The number of amidine groups is 1. The Morgan fingerprint density at radius 3 is 2.00 bits per heavy atom. The third-order valence-corrected chi connectivity index (χ3v) is 6.50. The van der Waals surface area contributed by atoms with Crippen LogP contribution in [0.3, 0.4) is 0 Å². The van der Waals surface area contributed by atoms with Crippen molar-refractivity contribution in [2.24, 2.45) is 5.92 Å². The number of ketones is 1. The number of Topliss-reactive ketones (excluding diaryl/α,β-unsaturated/α-hetero) is 1. The van der Waals surface area contributed by atoms with Crippen LogP contribution in [0.2, 0.25) is 0 Å². The summed E-state index contributed by atoms with van der Waals surface area (Å²) in [6.07, 6.45) is 0. The third-order valence-electron chi connectivity index (χ3n) is 6.50. The van der Waals surface area contributed by atoms with E-state index < -0.39 is 11.8 Å². The number of carbonyl (C=O) groups excluding carboxylic acids is 2. The van der Waals surface area contributed by atoms with E-state index in [9.17, 15) is 14.7 Å². The van der Waals surface area contributed by atoms with Gasteiger partial charge in [-0.05, 0) is 28.5 Å². The van der Waals surface area contributed by atoms with Gasteiger partial charge in [-0.25, -0.2) is 0 Å². The number of aromatic hydroxyl groups is 1.